The van der Waals surface area contributed by atoms with E-state index in [0.29, 0.717) is 23.4 Å². The van der Waals surface area contributed by atoms with Crippen molar-refractivity contribution in [2.45, 2.75) is 33.2 Å². The van der Waals surface area contributed by atoms with Crippen LogP contribution < -0.4 is 14.8 Å². The minimum Gasteiger partial charge on any atom is -0.496 e. The first-order valence-electron chi connectivity index (χ1n) is 6.79. The highest BCUT2D eigenvalue weighted by atomic mass is 32.2. The first-order valence-corrected chi connectivity index (χ1v) is 8.45. The highest BCUT2D eigenvalue weighted by Crippen LogP contribution is 2.22. The zero-order valence-corrected chi connectivity index (χ0v) is 13.4. The van der Waals surface area contributed by atoms with Gasteiger partial charge in [-0.15, -0.1) is 0 Å². The number of benzene rings is 1. The van der Waals surface area contributed by atoms with Crippen molar-refractivity contribution in [3.63, 3.8) is 0 Å². The maximum atomic E-state index is 11.8. The van der Waals surface area contributed by atoms with Gasteiger partial charge >= 0.3 is 0 Å². The number of hydrogen-bond acceptors (Lipinski definition) is 4. The quantitative estimate of drug-likeness (QED) is 0.767. The fraction of sp³-hybridized carbons (Fsp3) is 0.500. The van der Waals surface area contributed by atoms with Gasteiger partial charge in [-0.25, -0.2) is 13.1 Å². The number of hydrogen-bond donors (Lipinski definition) is 2. The first kappa shape index (κ1) is 17.5. The molecule has 0 spiro atoms. The van der Waals surface area contributed by atoms with Gasteiger partial charge in [-0.2, -0.15) is 0 Å². The van der Waals surface area contributed by atoms with Crippen LogP contribution in [0.1, 0.15) is 32.3 Å². The molecule has 0 radical (unpaired) electrons. The molecule has 2 N–H and O–H groups in total. The Morgan fingerprint density at radius 1 is 1.33 bits per heavy atom. The number of nitrogens with one attached hydrogen (secondary N) is 2. The van der Waals surface area contributed by atoms with Crippen LogP contribution in [-0.4, -0.2) is 27.2 Å². The molecule has 6 nitrogen and oxygen atoms in total. The van der Waals surface area contributed by atoms with Gasteiger partial charge in [0.25, 0.3) is 0 Å². The summed E-state index contributed by atoms with van der Waals surface area (Å²) in [5.74, 6) is 0.494. The van der Waals surface area contributed by atoms with E-state index >= 15 is 0 Å². The zero-order valence-electron chi connectivity index (χ0n) is 12.6. The van der Waals surface area contributed by atoms with Crippen LogP contribution in [0.3, 0.4) is 0 Å². The second-order valence-electron chi connectivity index (χ2n) is 4.70. The summed E-state index contributed by atoms with van der Waals surface area (Å²) in [6, 6.07) is 5.10. The molecule has 0 aliphatic rings. The topological polar surface area (TPSA) is 84.5 Å². The largest absolute Gasteiger partial charge is 0.496 e. The molecule has 0 saturated heterocycles. The van der Waals surface area contributed by atoms with Gasteiger partial charge in [-0.1, -0.05) is 13.3 Å². The van der Waals surface area contributed by atoms with Crippen molar-refractivity contribution >= 4 is 21.6 Å². The Morgan fingerprint density at radius 3 is 2.62 bits per heavy atom. The summed E-state index contributed by atoms with van der Waals surface area (Å²) < 4.78 is 31.4. The van der Waals surface area contributed by atoms with Crippen LogP contribution in [0, 0.1) is 0 Å². The Morgan fingerprint density at radius 2 is 2.05 bits per heavy atom. The Labute approximate surface area is 125 Å². The molecular formula is C14H22N2O4S. The molecule has 0 fully saturated rings. The zero-order chi connectivity index (χ0) is 15.9. The summed E-state index contributed by atoms with van der Waals surface area (Å²) >= 11 is 0. The Kier molecular flexibility index (Phi) is 6.64. The molecule has 0 unspecified atom stereocenters. The van der Waals surface area contributed by atoms with E-state index in [1.807, 2.05) is 6.92 Å². The normalized spacial score (nSPS) is 11.2. The SMILES string of the molecule is CCCCS(=O)(=O)NCc1cc(NC(C)=O)ccc1OC. The van der Waals surface area contributed by atoms with Crippen LogP contribution in [0.4, 0.5) is 5.69 Å². The van der Waals surface area contributed by atoms with Crippen LogP contribution in [-0.2, 0) is 21.4 Å². The van der Waals surface area contributed by atoms with Gasteiger partial charge in [0.05, 0.1) is 12.9 Å². The van der Waals surface area contributed by atoms with Gasteiger partial charge in [0.1, 0.15) is 5.75 Å². The Balaban J connectivity index is 2.82. The molecule has 0 saturated carbocycles. The molecule has 118 valence electrons. The van der Waals surface area contributed by atoms with Crippen molar-refractivity contribution in [3.05, 3.63) is 23.8 Å². The van der Waals surface area contributed by atoms with Crippen LogP contribution in [0.25, 0.3) is 0 Å². The third-order valence-corrected chi connectivity index (χ3v) is 4.26. The molecule has 1 aromatic carbocycles. The lowest BCUT2D eigenvalue weighted by Crippen LogP contribution is -2.26. The number of anilines is 1. The summed E-state index contributed by atoms with van der Waals surface area (Å²) in [6.07, 6.45) is 1.45. The van der Waals surface area contributed by atoms with E-state index < -0.39 is 10.0 Å². The predicted molar refractivity (Wildman–Crippen MR) is 82.8 cm³/mol. The maximum absolute atomic E-state index is 11.8. The minimum atomic E-state index is -3.30. The molecule has 0 aliphatic heterocycles. The third kappa shape index (κ3) is 6.14. The van der Waals surface area contributed by atoms with Crippen molar-refractivity contribution in [2.75, 3.05) is 18.2 Å². The highest BCUT2D eigenvalue weighted by Gasteiger charge is 2.12. The van der Waals surface area contributed by atoms with E-state index in [9.17, 15) is 13.2 Å². The number of sulfonamides is 1. The number of carbonyl (C=O) groups is 1. The Hall–Kier alpha value is -1.60. The van der Waals surface area contributed by atoms with E-state index in [1.54, 1.807) is 18.2 Å². The molecule has 1 rings (SSSR count). The highest BCUT2D eigenvalue weighted by molar-refractivity contribution is 7.89. The second-order valence-corrected chi connectivity index (χ2v) is 6.63. The maximum Gasteiger partial charge on any atom is 0.221 e. The number of rotatable bonds is 8. The molecule has 0 aromatic heterocycles. The fourth-order valence-corrected chi connectivity index (χ4v) is 2.98. The van der Waals surface area contributed by atoms with Gasteiger partial charge in [-0.05, 0) is 24.6 Å². The average Bonchev–Trinajstić information content (AvgIpc) is 2.43. The number of ether oxygens (including phenoxy) is 1. The van der Waals surface area contributed by atoms with Crippen molar-refractivity contribution in [1.29, 1.82) is 0 Å². The van der Waals surface area contributed by atoms with Crippen molar-refractivity contribution < 1.29 is 17.9 Å². The van der Waals surface area contributed by atoms with Gasteiger partial charge in [0, 0.05) is 24.7 Å². The van der Waals surface area contributed by atoms with E-state index in [1.165, 1.54) is 14.0 Å². The molecule has 7 heteroatoms. The third-order valence-electron chi connectivity index (χ3n) is 2.85. The van der Waals surface area contributed by atoms with Gasteiger partial charge < -0.3 is 10.1 Å². The van der Waals surface area contributed by atoms with Crippen LogP contribution >= 0.6 is 0 Å². The van der Waals surface area contributed by atoms with Crippen molar-refractivity contribution in [3.8, 4) is 5.75 Å². The first-order chi connectivity index (χ1) is 9.88. The number of amides is 1. The number of unbranched alkanes of at least 4 members (excludes halogenated alkanes) is 1. The van der Waals surface area contributed by atoms with Crippen LogP contribution in [0.5, 0.6) is 5.75 Å². The lowest BCUT2D eigenvalue weighted by atomic mass is 10.2. The van der Waals surface area contributed by atoms with Gasteiger partial charge in [-0.3, -0.25) is 4.79 Å². The summed E-state index contributed by atoms with van der Waals surface area (Å²) in [4.78, 5) is 11.1. The molecule has 0 atom stereocenters. The molecule has 0 bridgehead atoms. The monoisotopic (exact) mass is 314 g/mol. The second kappa shape index (κ2) is 7.99. The molecule has 1 aromatic rings. The molecular weight excluding hydrogens is 292 g/mol. The number of methoxy groups -OCH3 is 1. The lowest BCUT2D eigenvalue weighted by Gasteiger charge is -2.12. The molecule has 21 heavy (non-hydrogen) atoms. The lowest BCUT2D eigenvalue weighted by molar-refractivity contribution is -0.114. The number of carbonyl (C=O) groups excluding carboxylic acids is 1. The van der Waals surface area contributed by atoms with E-state index in [0.717, 1.165) is 6.42 Å². The van der Waals surface area contributed by atoms with Gasteiger partial charge in [0.2, 0.25) is 15.9 Å². The predicted octanol–water partition coefficient (Wildman–Crippen LogP) is 1.87. The standard InChI is InChI=1S/C14H22N2O4S/c1-4-5-8-21(18,19)15-10-12-9-13(16-11(2)17)6-7-14(12)20-3/h6-7,9,15H,4-5,8,10H2,1-3H3,(H,16,17). The minimum absolute atomic E-state index is 0.108. The van der Waals surface area contributed by atoms with Crippen molar-refractivity contribution in [1.82, 2.24) is 4.72 Å². The van der Waals surface area contributed by atoms with Crippen LogP contribution in [0.15, 0.2) is 18.2 Å². The van der Waals surface area contributed by atoms with E-state index in [4.69, 9.17) is 4.74 Å². The summed E-state index contributed by atoms with van der Waals surface area (Å²) in [7, 11) is -1.78. The molecule has 1 amide bonds. The molecule has 0 aliphatic carbocycles. The Bertz CT molecular complexity index is 585. The van der Waals surface area contributed by atoms with Gasteiger partial charge in [0.15, 0.2) is 0 Å². The summed E-state index contributed by atoms with van der Waals surface area (Å²) in [6.45, 7) is 3.48. The van der Waals surface area contributed by atoms with Crippen LogP contribution in [0.2, 0.25) is 0 Å². The van der Waals surface area contributed by atoms with E-state index in [-0.39, 0.29) is 18.2 Å². The smallest absolute Gasteiger partial charge is 0.221 e. The molecule has 0 heterocycles. The van der Waals surface area contributed by atoms with E-state index in [2.05, 4.69) is 10.0 Å². The average molecular weight is 314 g/mol. The summed E-state index contributed by atoms with van der Waals surface area (Å²) in [5, 5.41) is 2.66. The summed E-state index contributed by atoms with van der Waals surface area (Å²) in [5.41, 5.74) is 1.27. The van der Waals surface area contributed by atoms with Crippen molar-refractivity contribution in [2.24, 2.45) is 0 Å². The fourth-order valence-electron chi connectivity index (χ4n) is 1.79.